The van der Waals surface area contributed by atoms with Crippen LogP contribution in [0, 0.1) is 5.82 Å². The molecule has 0 aromatic heterocycles. The minimum Gasteiger partial charge on any atom is -0.301 e. The molecular formula is C8H10ClF2N. The molecule has 0 aliphatic rings. The first-order chi connectivity index (χ1) is 5.18. The summed E-state index contributed by atoms with van der Waals surface area (Å²) < 4.78 is 24.6. The van der Waals surface area contributed by atoms with Crippen molar-refractivity contribution < 1.29 is 8.78 Å². The number of hydrogen-bond acceptors (Lipinski definition) is 1. The maximum Gasteiger partial charge on any atom is 0.152 e. The Hall–Kier alpha value is -0.670. The minimum atomic E-state index is -1.41. The van der Waals surface area contributed by atoms with E-state index in [1.165, 1.54) is 18.2 Å². The van der Waals surface area contributed by atoms with Crippen molar-refractivity contribution in [2.45, 2.75) is 12.7 Å². The average Bonchev–Trinajstić information content (AvgIpc) is 1.85. The van der Waals surface area contributed by atoms with E-state index >= 15 is 0 Å². The Bertz CT molecular complexity index is 240. The summed E-state index contributed by atoms with van der Waals surface area (Å²) in [4.78, 5) is 0. The first-order valence-corrected chi connectivity index (χ1v) is 3.32. The Morgan fingerprint density at radius 3 is 2.58 bits per heavy atom. The molecule has 0 spiro atoms. The number of hydrogen-bond donors (Lipinski definition) is 1. The van der Waals surface area contributed by atoms with Gasteiger partial charge in [0.15, 0.2) is 6.30 Å². The Labute approximate surface area is 76.0 Å². The van der Waals surface area contributed by atoms with E-state index in [9.17, 15) is 8.78 Å². The van der Waals surface area contributed by atoms with Gasteiger partial charge in [-0.25, -0.2) is 8.78 Å². The second kappa shape index (κ2) is 5.06. The normalized spacial score (nSPS) is 11.9. The molecule has 0 fully saturated rings. The molecule has 4 heteroatoms. The van der Waals surface area contributed by atoms with Gasteiger partial charge in [-0.1, -0.05) is 12.1 Å². The summed E-state index contributed by atoms with van der Waals surface area (Å²) in [5.41, 5.74) is 5.47. The monoisotopic (exact) mass is 193 g/mol. The van der Waals surface area contributed by atoms with Gasteiger partial charge >= 0.3 is 0 Å². The summed E-state index contributed by atoms with van der Waals surface area (Å²) in [5.74, 6) is -0.358. The molecule has 0 aliphatic carbocycles. The van der Waals surface area contributed by atoms with Gasteiger partial charge in [0.25, 0.3) is 0 Å². The molecule has 0 radical (unpaired) electrons. The fourth-order valence-electron chi connectivity index (χ4n) is 0.889. The van der Waals surface area contributed by atoms with Crippen molar-refractivity contribution in [3.05, 3.63) is 35.6 Å². The average molecular weight is 194 g/mol. The van der Waals surface area contributed by atoms with Gasteiger partial charge in [-0.05, 0) is 17.7 Å². The van der Waals surface area contributed by atoms with Gasteiger partial charge in [0.05, 0.1) is 0 Å². The number of halogens is 3. The van der Waals surface area contributed by atoms with Gasteiger partial charge in [0.1, 0.15) is 5.82 Å². The smallest absolute Gasteiger partial charge is 0.152 e. The van der Waals surface area contributed by atoms with Crippen molar-refractivity contribution in [3.63, 3.8) is 0 Å². The second-order valence-electron chi connectivity index (χ2n) is 2.35. The van der Waals surface area contributed by atoms with E-state index in [1.54, 1.807) is 6.07 Å². The van der Waals surface area contributed by atoms with Crippen LogP contribution in [-0.4, -0.2) is 6.30 Å². The molecule has 0 bridgehead atoms. The van der Waals surface area contributed by atoms with Crippen molar-refractivity contribution in [2.24, 2.45) is 5.73 Å². The zero-order valence-corrected chi connectivity index (χ0v) is 7.15. The maximum atomic E-state index is 12.5. The number of nitrogens with two attached hydrogens (primary N) is 1. The van der Waals surface area contributed by atoms with E-state index in [4.69, 9.17) is 5.73 Å². The van der Waals surface area contributed by atoms with Crippen LogP contribution in [0.2, 0.25) is 0 Å². The highest BCUT2D eigenvalue weighted by Crippen LogP contribution is 2.05. The quantitative estimate of drug-likeness (QED) is 0.715. The third-order valence-electron chi connectivity index (χ3n) is 1.32. The first kappa shape index (κ1) is 11.3. The molecule has 0 heterocycles. The van der Waals surface area contributed by atoms with E-state index in [0.29, 0.717) is 5.56 Å². The van der Waals surface area contributed by atoms with E-state index < -0.39 is 6.30 Å². The van der Waals surface area contributed by atoms with E-state index in [2.05, 4.69) is 0 Å². The van der Waals surface area contributed by atoms with Crippen molar-refractivity contribution in [3.8, 4) is 0 Å². The summed E-state index contributed by atoms with van der Waals surface area (Å²) in [6, 6.07) is 5.77. The molecule has 12 heavy (non-hydrogen) atoms. The lowest BCUT2D eigenvalue weighted by Gasteiger charge is -2.00. The van der Waals surface area contributed by atoms with Crippen LogP contribution in [0.15, 0.2) is 24.3 Å². The van der Waals surface area contributed by atoms with Gasteiger partial charge in [-0.3, -0.25) is 0 Å². The summed E-state index contributed by atoms with van der Waals surface area (Å²) >= 11 is 0. The van der Waals surface area contributed by atoms with Gasteiger partial charge < -0.3 is 5.73 Å². The van der Waals surface area contributed by atoms with Crippen molar-refractivity contribution in [1.82, 2.24) is 0 Å². The van der Waals surface area contributed by atoms with Crippen LogP contribution in [0.3, 0.4) is 0 Å². The highest BCUT2D eigenvalue weighted by Gasteiger charge is 2.00. The Balaban J connectivity index is 0.00000121. The van der Waals surface area contributed by atoms with Crippen LogP contribution >= 0.6 is 12.4 Å². The molecule has 0 saturated heterocycles. The van der Waals surface area contributed by atoms with E-state index in [0.717, 1.165) is 0 Å². The highest BCUT2D eigenvalue weighted by molar-refractivity contribution is 5.85. The number of rotatable bonds is 2. The number of alkyl halides is 1. The molecule has 0 saturated carbocycles. The lowest BCUT2D eigenvalue weighted by molar-refractivity contribution is 0.342. The fraction of sp³-hybridized carbons (Fsp3) is 0.250. The Morgan fingerprint density at radius 1 is 1.42 bits per heavy atom. The predicted molar refractivity (Wildman–Crippen MR) is 46.4 cm³/mol. The zero-order valence-electron chi connectivity index (χ0n) is 6.34. The summed E-state index contributed by atoms with van der Waals surface area (Å²) in [7, 11) is 0. The topological polar surface area (TPSA) is 26.0 Å². The molecule has 1 nitrogen and oxygen atoms in total. The van der Waals surface area contributed by atoms with Crippen LogP contribution in [0.1, 0.15) is 5.56 Å². The van der Waals surface area contributed by atoms with Gasteiger partial charge in [-0.2, -0.15) is 0 Å². The summed E-state index contributed by atoms with van der Waals surface area (Å²) in [5, 5.41) is 0. The molecule has 68 valence electrons. The lowest BCUT2D eigenvalue weighted by atomic mass is 10.1. The maximum absolute atomic E-state index is 12.5. The SMILES string of the molecule is Cl.NC(F)Cc1cccc(F)c1. The van der Waals surface area contributed by atoms with Gasteiger partial charge in [0.2, 0.25) is 0 Å². The molecule has 0 amide bonds. The second-order valence-corrected chi connectivity index (χ2v) is 2.35. The third kappa shape index (κ3) is 3.64. The molecule has 2 N–H and O–H groups in total. The molecule has 1 rings (SSSR count). The summed E-state index contributed by atoms with van der Waals surface area (Å²) in [6.45, 7) is 0. The molecule has 1 aromatic carbocycles. The molecule has 1 atom stereocenters. The van der Waals surface area contributed by atoms with Crippen LogP contribution < -0.4 is 5.73 Å². The molecule has 1 unspecified atom stereocenters. The van der Waals surface area contributed by atoms with Crippen LogP contribution in [-0.2, 0) is 6.42 Å². The fourth-order valence-corrected chi connectivity index (χ4v) is 0.889. The highest BCUT2D eigenvalue weighted by atomic mass is 35.5. The van der Waals surface area contributed by atoms with Crippen molar-refractivity contribution in [1.29, 1.82) is 0 Å². The zero-order chi connectivity index (χ0) is 8.27. The molecule has 1 aromatic rings. The largest absolute Gasteiger partial charge is 0.301 e. The van der Waals surface area contributed by atoms with Crippen LogP contribution in [0.25, 0.3) is 0 Å². The minimum absolute atomic E-state index is 0. The lowest BCUT2D eigenvalue weighted by Crippen LogP contribution is -2.15. The first-order valence-electron chi connectivity index (χ1n) is 3.32. The third-order valence-corrected chi connectivity index (χ3v) is 1.32. The molecular weight excluding hydrogens is 184 g/mol. The standard InChI is InChI=1S/C8H9F2N.ClH/c9-7-3-1-2-6(4-7)5-8(10)11;/h1-4,8H,5,11H2;1H. The van der Waals surface area contributed by atoms with Gasteiger partial charge in [-0.15, -0.1) is 12.4 Å². The predicted octanol–water partition coefficient (Wildman–Crippen LogP) is 2.04. The van der Waals surface area contributed by atoms with Gasteiger partial charge in [0, 0.05) is 6.42 Å². The summed E-state index contributed by atoms with van der Waals surface area (Å²) in [6.07, 6.45) is -1.34. The van der Waals surface area contributed by atoms with Crippen LogP contribution in [0.4, 0.5) is 8.78 Å². The van der Waals surface area contributed by atoms with Crippen LogP contribution in [0.5, 0.6) is 0 Å². The Kier molecular flexibility index (Phi) is 4.78. The van der Waals surface area contributed by atoms with E-state index in [-0.39, 0.29) is 24.6 Å². The molecule has 0 aliphatic heterocycles. The Morgan fingerprint density at radius 2 is 2.08 bits per heavy atom. The number of benzene rings is 1. The van der Waals surface area contributed by atoms with E-state index in [1.807, 2.05) is 0 Å². The van der Waals surface area contributed by atoms with Crippen molar-refractivity contribution in [2.75, 3.05) is 0 Å². The van der Waals surface area contributed by atoms with Crippen molar-refractivity contribution >= 4 is 12.4 Å².